The Kier molecular flexibility index (Phi) is 4.74. The zero-order valence-electron chi connectivity index (χ0n) is 12.6. The maximum Gasteiger partial charge on any atom is 0.0720 e. The standard InChI is InChI=1S/C18H27NO/c1-14-4-2-3-5-18(14)20-13-16-8-6-15(7-9-16)12-19-17-10-11-17/h6-9,14,17-19H,2-5,10-13H2,1H3. The monoisotopic (exact) mass is 273 g/mol. The van der Waals surface area contributed by atoms with Crippen LogP contribution in [0.5, 0.6) is 0 Å². The first-order valence-electron chi connectivity index (χ1n) is 8.24. The zero-order valence-corrected chi connectivity index (χ0v) is 12.6. The fraction of sp³-hybridized carbons (Fsp3) is 0.667. The number of hydrogen-bond acceptors (Lipinski definition) is 2. The third-order valence-corrected chi connectivity index (χ3v) is 4.69. The van der Waals surface area contributed by atoms with Crippen molar-refractivity contribution in [3.05, 3.63) is 35.4 Å². The van der Waals surface area contributed by atoms with E-state index in [1.165, 1.54) is 49.7 Å². The van der Waals surface area contributed by atoms with E-state index in [0.29, 0.717) is 6.10 Å². The van der Waals surface area contributed by atoms with Gasteiger partial charge in [-0.3, -0.25) is 0 Å². The summed E-state index contributed by atoms with van der Waals surface area (Å²) in [6.45, 7) is 4.10. The first kappa shape index (κ1) is 14.1. The summed E-state index contributed by atoms with van der Waals surface area (Å²) >= 11 is 0. The number of ether oxygens (including phenoxy) is 1. The van der Waals surface area contributed by atoms with Crippen molar-refractivity contribution in [1.29, 1.82) is 0 Å². The highest BCUT2D eigenvalue weighted by molar-refractivity contribution is 5.22. The quantitative estimate of drug-likeness (QED) is 0.845. The maximum atomic E-state index is 6.11. The fourth-order valence-electron chi connectivity index (χ4n) is 3.04. The van der Waals surface area contributed by atoms with Crippen LogP contribution >= 0.6 is 0 Å². The summed E-state index contributed by atoms with van der Waals surface area (Å²) < 4.78 is 6.11. The third kappa shape index (κ3) is 4.07. The molecular formula is C18H27NO. The molecule has 110 valence electrons. The topological polar surface area (TPSA) is 21.3 Å². The molecule has 2 fully saturated rings. The average molecular weight is 273 g/mol. The second-order valence-electron chi connectivity index (χ2n) is 6.58. The van der Waals surface area contributed by atoms with E-state index in [1.807, 2.05) is 0 Å². The van der Waals surface area contributed by atoms with Crippen molar-refractivity contribution >= 4 is 0 Å². The Morgan fingerprint density at radius 3 is 2.40 bits per heavy atom. The first-order valence-corrected chi connectivity index (χ1v) is 8.24. The maximum absolute atomic E-state index is 6.11. The van der Waals surface area contributed by atoms with E-state index in [0.717, 1.165) is 25.1 Å². The molecule has 2 atom stereocenters. The van der Waals surface area contributed by atoms with Crippen molar-refractivity contribution in [1.82, 2.24) is 5.32 Å². The van der Waals surface area contributed by atoms with Gasteiger partial charge in [0.2, 0.25) is 0 Å². The van der Waals surface area contributed by atoms with Gasteiger partial charge in [-0.25, -0.2) is 0 Å². The van der Waals surface area contributed by atoms with Crippen molar-refractivity contribution in [2.24, 2.45) is 5.92 Å². The van der Waals surface area contributed by atoms with Crippen LogP contribution < -0.4 is 5.32 Å². The molecule has 2 unspecified atom stereocenters. The van der Waals surface area contributed by atoms with E-state index in [9.17, 15) is 0 Å². The van der Waals surface area contributed by atoms with Crippen LogP contribution in [-0.2, 0) is 17.9 Å². The van der Waals surface area contributed by atoms with Crippen LogP contribution in [-0.4, -0.2) is 12.1 Å². The van der Waals surface area contributed by atoms with Crippen molar-refractivity contribution in [2.45, 2.75) is 70.7 Å². The van der Waals surface area contributed by atoms with Gasteiger partial charge in [-0.2, -0.15) is 0 Å². The van der Waals surface area contributed by atoms with Gasteiger partial charge in [0, 0.05) is 12.6 Å². The van der Waals surface area contributed by atoms with E-state index < -0.39 is 0 Å². The molecule has 20 heavy (non-hydrogen) atoms. The predicted molar refractivity (Wildman–Crippen MR) is 82.5 cm³/mol. The minimum Gasteiger partial charge on any atom is -0.373 e. The Morgan fingerprint density at radius 1 is 1.00 bits per heavy atom. The van der Waals surface area contributed by atoms with Crippen LogP contribution in [0.4, 0.5) is 0 Å². The van der Waals surface area contributed by atoms with Crippen molar-refractivity contribution in [3.63, 3.8) is 0 Å². The van der Waals surface area contributed by atoms with Crippen LogP contribution in [0, 0.1) is 5.92 Å². The van der Waals surface area contributed by atoms with Gasteiger partial charge in [-0.05, 0) is 42.7 Å². The second kappa shape index (κ2) is 6.73. The molecule has 0 radical (unpaired) electrons. The van der Waals surface area contributed by atoms with Gasteiger partial charge in [-0.1, -0.05) is 44.0 Å². The van der Waals surface area contributed by atoms with Gasteiger partial charge in [0.1, 0.15) is 0 Å². The highest BCUT2D eigenvalue weighted by atomic mass is 16.5. The summed E-state index contributed by atoms with van der Waals surface area (Å²) in [6.07, 6.45) is 8.46. The van der Waals surface area contributed by atoms with Crippen LogP contribution in [0.1, 0.15) is 56.6 Å². The summed E-state index contributed by atoms with van der Waals surface area (Å²) in [5, 5.41) is 3.55. The molecule has 0 aromatic heterocycles. The molecule has 1 N–H and O–H groups in total. The Morgan fingerprint density at radius 2 is 1.70 bits per heavy atom. The Hall–Kier alpha value is -0.860. The predicted octanol–water partition coefficient (Wildman–Crippen LogP) is 4.03. The lowest BCUT2D eigenvalue weighted by Crippen LogP contribution is -2.25. The molecule has 1 aromatic rings. The number of rotatable bonds is 6. The lowest BCUT2D eigenvalue weighted by atomic mass is 9.88. The first-order chi connectivity index (χ1) is 9.81. The number of benzene rings is 1. The van der Waals surface area contributed by atoms with Gasteiger partial charge in [-0.15, -0.1) is 0 Å². The molecule has 2 aliphatic rings. The molecular weight excluding hydrogens is 246 g/mol. The van der Waals surface area contributed by atoms with Crippen molar-refractivity contribution in [3.8, 4) is 0 Å². The molecule has 2 nitrogen and oxygen atoms in total. The van der Waals surface area contributed by atoms with Crippen molar-refractivity contribution in [2.75, 3.05) is 0 Å². The van der Waals surface area contributed by atoms with E-state index >= 15 is 0 Å². The Bertz CT molecular complexity index is 410. The van der Waals surface area contributed by atoms with Gasteiger partial charge >= 0.3 is 0 Å². The lowest BCUT2D eigenvalue weighted by Gasteiger charge is -2.28. The summed E-state index contributed by atoms with van der Waals surface area (Å²) in [4.78, 5) is 0. The van der Waals surface area contributed by atoms with Gasteiger partial charge in [0.15, 0.2) is 0 Å². The lowest BCUT2D eigenvalue weighted by molar-refractivity contribution is -0.0154. The summed E-state index contributed by atoms with van der Waals surface area (Å²) in [5.41, 5.74) is 2.68. The Balaban J connectivity index is 1.44. The van der Waals surface area contributed by atoms with Crippen molar-refractivity contribution < 1.29 is 4.74 Å². The summed E-state index contributed by atoms with van der Waals surface area (Å²) in [5.74, 6) is 0.728. The van der Waals surface area contributed by atoms with Crippen LogP contribution in [0.3, 0.4) is 0 Å². The molecule has 0 aliphatic heterocycles. The van der Waals surface area contributed by atoms with Gasteiger partial charge < -0.3 is 10.1 Å². The molecule has 0 spiro atoms. The molecule has 0 bridgehead atoms. The van der Waals surface area contributed by atoms with E-state index in [-0.39, 0.29) is 0 Å². The average Bonchev–Trinajstić information content (AvgIpc) is 3.30. The highest BCUT2D eigenvalue weighted by Gasteiger charge is 2.22. The van der Waals surface area contributed by atoms with Gasteiger partial charge in [0.25, 0.3) is 0 Å². The van der Waals surface area contributed by atoms with E-state index in [1.54, 1.807) is 0 Å². The van der Waals surface area contributed by atoms with E-state index in [4.69, 9.17) is 4.74 Å². The molecule has 0 heterocycles. The molecule has 3 rings (SSSR count). The molecule has 2 heteroatoms. The fourth-order valence-corrected chi connectivity index (χ4v) is 3.04. The molecule has 1 aromatic carbocycles. The molecule has 0 saturated heterocycles. The zero-order chi connectivity index (χ0) is 13.8. The third-order valence-electron chi connectivity index (χ3n) is 4.69. The smallest absolute Gasteiger partial charge is 0.0720 e. The number of nitrogens with one attached hydrogen (secondary N) is 1. The minimum absolute atomic E-state index is 0.472. The van der Waals surface area contributed by atoms with Gasteiger partial charge in [0.05, 0.1) is 12.7 Å². The van der Waals surface area contributed by atoms with E-state index in [2.05, 4.69) is 36.5 Å². The largest absolute Gasteiger partial charge is 0.373 e. The van der Waals surface area contributed by atoms with Crippen LogP contribution in [0.2, 0.25) is 0 Å². The SMILES string of the molecule is CC1CCCCC1OCc1ccc(CNC2CC2)cc1. The minimum atomic E-state index is 0.472. The molecule has 2 saturated carbocycles. The number of hydrogen-bond donors (Lipinski definition) is 1. The van der Waals surface area contributed by atoms with Crippen LogP contribution in [0.15, 0.2) is 24.3 Å². The molecule has 0 amide bonds. The normalized spacial score (nSPS) is 26.6. The summed E-state index contributed by atoms with van der Waals surface area (Å²) in [6, 6.07) is 9.69. The Labute approximate surface area is 122 Å². The molecule has 2 aliphatic carbocycles. The highest BCUT2D eigenvalue weighted by Crippen LogP contribution is 2.27. The van der Waals surface area contributed by atoms with Crippen LogP contribution in [0.25, 0.3) is 0 Å². The second-order valence-corrected chi connectivity index (χ2v) is 6.58. The summed E-state index contributed by atoms with van der Waals surface area (Å²) in [7, 11) is 0.